The molecular weight excluding hydrogens is 386 g/mol. The lowest BCUT2D eigenvalue weighted by atomic mass is 10.2. The number of ether oxygens (including phenoxy) is 1. The minimum absolute atomic E-state index is 0.255. The number of hydrogen-bond acceptors (Lipinski definition) is 4. The first-order valence-electron chi connectivity index (χ1n) is 9.09. The summed E-state index contributed by atoms with van der Waals surface area (Å²) < 4.78 is 5.75. The van der Waals surface area contributed by atoms with Gasteiger partial charge in [-0.15, -0.1) is 0 Å². The van der Waals surface area contributed by atoms with Crippen molar-refractivity contribution in [2.24, 2.45) is 5.10 Å². The number of carbonyl (C=O) groups excluding carboxylic acids is 1. The maximum absolute atomic E-state index is 12.1. The molecule has 5 nitrogen and oxygen atoms in total. The molecular formula is C23H22ClN3O2. The maximum atomic E-state index is 12.1. The van der Waals surface area contributed by atoms with Gasteiger partial charge in [-0.05, 0) is 71.8 Å². The molecule has 3 aromatic rings. The third kappa shape index (κ3) is 6.09. The van der Waals surface area contributed by atoms with Crippen LogP contribution in [-0.2, 0) is 6.61 Å². The second-order valence-corrected chi connectivity index (χ2v) is 7.06. The van der Waals surface area contributed by atoms with Gasteiger partial charge in [0.15, 0.2) is 0 Å². The van der Waals surface area contributed by atoms with Crippen LogP contribution in [0.5, 0.6) is 5.75 Å². The first kappa shape index (κ1) is 20.4. The molecule has 0 aliphatic heterocycles. The van der Waals surface area contributed by atoms with Crippen LogP contribution in [0.25, 0.3) is 0 Å². The van der Waals surface area contributed by atoms with Crippen molar-refractivity contribution >= 4 is 29.4 Å². The Balaban J connectivity index is 1.50. The summed E-state index contributed by atoms with van der Waals surface area (Å²) in [5, 5.41) is 4.72. The fraction of sp³-hybridized carbons (Fsp3) is 0.130. The number of hydrazone groups is 1. The van der Waals surface area contributed by atoms with Crippen LogP contribution in [0, 0.1) is 0 Å². The number of nitrogens with zero attached hydrogens (tertiary/aromatic N) is 2. The lowest BCUT2D eigenvalue weighted by Gasteiger charge is -2.12. The molecule has 0 heterocycles. The normalized spacial score (nSPS) is 10.7. The van der Waals surface area contributed by atoms with Crippen molar-refractivity contribution < 1.29 is 9.53 Å². The van der Waals surface area contributed by atoms with E-state index in [1.807, 2.05) is 79.7 Å². The Bertz CT molecular complexity index is 967. The summed E-state index contributed by atoms with van der Waals surface area (Å²) in [6.07, 6.45) is 1.59. The molecule has 0 unspecified atom stereocenters. The van der Waals surface area contributed by atoms with E-state index in [1.54, 1.807) is 18.3 Å². The molecule has 0 aliphatic carbocycles. The molecule has 1 amide bonds. The highest BCUT2D eigenvalue weighted by Crippen LogP contribution is 2.15. The van der Waals surface area contributed by atoms with E-state index >= 15 is 0 Å². The van der Waals surface area contributed by atoms with E-state index in [1.165, 1.54) is 0 Å². The zero-order valence-corrected chi connectivity index (χ0v) is 17.1. The van der Waals surface area contributed by atoms with Crippen molar-refractivity contribution in [1.29, 1.82) is 0 Å². The molecule has 0 radical (unpaired) electrons. The predicted octanol–water partition coefficient (Wildman–Crippen LogP) is 4.75. The van der Waals surface area contributed by atoms with Crippen LogP contribution >= 0.6 is 11.6 Å². The lowest BCUT2D eigenvalue weighted by Crippen LogP contribution is -2.17. The van der Waals surface area contributed by atoms with Gasteiger partial charge in [0.1, 0.15) is 12.4 Å². The van der Waals surface area contributed by atoms with Gasteiger partial charge in [-0.25, -0.2) is 5.43 Å². The van der Waals surface area contributed by atoms with Gasteiger partial charge in [0.05, 0.1) is 6.21 Å². The van der Waals surface area contributed by atoms with Crippen LogP contribution in [-0.4, -0.2) is 26.2 Å². The third-order valence-corrected chi connectivity index (χ3v) is 4.48. The number of benzene rings is 3. The van der Waals surface area contributed by atoms with Crippen LogP contribution in [0.3, 0.4) is 0 Å². The van der Waals surface area contributed by atoms with Crippen molar-refractivity contribution in [3.8, 4) is 5.75 Å². The van der Waals surface area contributed by atoms with Crippen LogP contribution in [0.2, 0.25) is 5.02 Å². The van der Waals surface area contributed by atoms with Gasteiger partial charge in [-0.1, -0.05) is 23.7 Å². The highest BCUT2D eigenvalue weighted by atomic mass is 35.5. The fourth-order valence-corrected chi connectivity index (χ4v) is 2.66. The number of rotatable bonds is 7. The van der Waals surface area contributed by atoms with E-state index in [9.17, 15) is 4.79 Å². The van der Waals surface area contributed by atoms with E-state index < -0.39 is 0 Å². The minimum Gasteiger partial charge on any atom is -0.489 e. The first-order chi connectivity index (χ1) is 14.0. The number of carbonyl (C=O) groups is 1. The van der Waals surface area contributed by atoms with Gasteiger partial charge in [-0.2, -0.15) is 5.10 Å². The van der Waals surface area contributed by atoms with E-state index in [2.05, 4.69) is 10.5 Å². The van der Waals surface area contributed by atoms with Gasteiger partial charge >= 0.3 is 0 Å². The molecule has 0 saturated carbocycles. The summed E-state index contributed by atoms with van der Waals surface area (Å²) in [6.45, 7) is 0.466. The topological polar surface area (TPSA) is 53.9 Å². The molecule has 1 N–H and O–H groups in total. The summed E-state index contributed by atoms with van der Waals surface area (Å²) in [6, 6.07) is 22.3. The number of amides is 1. The Hall–Kier alpha value is -3.31. The zero-order valence-electron chi connectivity index (χ0n) is 16.3. The van der Waals surface area contributed by atoms with E-state index in [0.717, 1.165) is 22.6 Å². The summed E-state index contributed by atoms with van der Waals surface area (Å²) in [7, 11) is 3.90. The van der Waals surface area contributed by atoms with Gasteiger partial charge < -0.3 is 9.64 Å². The Labute approximate surface area is 175 Å². The lowest BCUT2D eigenvalue weighted by molar-refractivity contribution is 0.0955. The molecule has 3 rings (SSSR count). The van der Waals surface area contributed by atoms with Crippen molar-refractivity contribution in [3.05, 3.63) is 94.5 Å². The minimum atomic E-state index is -0.255. The number of anilines is 1. The molecule has 0 saturated heterocycles. The first-order valence-corrected chi connectivity index (χ1v) is 9.47. The van der Waals surface area contributed by atoms with Crippen molar-refractivity contribution in [1.82, 2.24) is 5.43 Å². The predicted molar refractivity (Wildman–Crippen MR) is 118 cm³/mol. The molecule has 0 bridgehead atoms. The Kier molecular flexibility index (Phi) is 6.87. The highest BCUT2D eigenvalue weighted by molar-refractivity contribution is 6.30. The van der Waals surface area contributed by atoms with Gasteiger partial charge in [0.25, 0.3) is 5.91 Å². The quantitative estimate of drug-likeness (QED) is 0.454. The van der Waals surface area contributed by atoms with Crippen molar-refractivity contribution in [3.63, 3.8) is 0 Å². The standard InChI is InChI=1S/C23H22ClN3O2/c1-27(2)21-11-7-19(8-12-21)23(28)26-25-15-17-5-13-22(14-6-17)29-16-18-3-9-20(24)10-4-18/h3-15H,16H2,1-2H3,(H,26,28). The monoisotopic (exact) mass is 407 g/mol. The molecule has 29 heavy (non-hydrogen) atoms. The second-order valence-electron chi connectivity index (χ2n) is 6.62. The largest absolute Gasteiger partial charge is 0.489 e. The highest BCUT2D eigenvalue weighted by Gasteiger charge is 2.04. The third-order valence-electron chi connectivity index (χ3n) is 4.22. The van der Waals surface area contributed by atoms with E-state index in [4.69, 9.17) is 16.3 Å². The molecule has 0 atom stereocenters. The van der Waals surface area contributed by atoms with E-state index in [-0.39, 0.29) is 5.91 Å². The van der Waals surface area contributed by atoms with Crippen LogP contribution in [0.4, 0.5) is 5.69 Å². The molecule has 0 aliphatic rings. The molecule has 3 aromatic carbocycles. The summed E-state index contributed by atoms with van der Waals surface area (Å²) in [5.74, 6) is 0.497. The molecule has 6 heteroatoms. The number of nitrogens with one attached hydrogen (secondary N) is 1. The smallest absolute Gasteiger partial charge is 0.271 e. The number of halogens is 1. The Morgan fingerprint density at radius 1 is 1.00 bits per heavy atom. The average molecular weight is 408 g/mol. The van der Waals surface area contributed by atoms with Gasteiger partial charge in [0, 0.05) is 30.4 Å². The maximum Gasteiger partial charge on any atom is 0.271 e. The van der Waals surface area contributed by atoms with Crippen LogP contribution in [0.15, 0.2) is 77.9 Å². The molecule has 0 fully saturated rings. The fourth-order valence-electron chi connectivity index (χ4n) is 2.54. The molecule has 148 valence electrons. The summed E-state index contributed by atoms with van der Waals surface area (Å²) in [4.78, 5) is 14.1. The van der Waals surface area contributed by atoms with Crippen molar-refractivity contribution in [2.45, 2.75) is 6.61 Å². The van der Waals surface area contributed by atoms with Gasteiger partial charge in [0.2, 0.25) is 0 Å². The number of hydrogen-bond donors (Lipinski definition) is 1. The summed E-state index contributed by atoms with van der Waals surface area (Å²) >= 11 is 5.88. The second kappa shape index (κ2) is 9.75. The molecule has 0 aromatic heterocycles. The average Bonchev–Trinajstić information content (AvgIpc) is 2.74. The van der Waals surface area contributed by atoms with Crippen molar-refractivity contribution in [2.75, 3.05) is 19.0 Å². The Morgan fingerprint density at radius 3 is 2.28 bits per heavy atom. The zero-order chi connectivity index (χ0) is 20.6. The van der Waals surface area contributed by atoms with E-state index in [0.29, 0.717) is 17.2 Å². The summed E-state index contributed by atoms with van der Waals surface area (Å²) in [5.41, 5.74) is 6.02. The Morgan fingerprint density at radius 2 is 1.66 bits per heavy atom. The van der Waals surface area contributed by atoms with Crippen LogP contribution < -0.4 is 15.1 Å². The van der Waals surface area contributed by atoms with Crippen LogP contribution in [0.1, 0.15) is 21.5 Å². The van der Waals surface area contributed by atoms with Gasteiger partial charge in [-0.3, -0.25) is 4.79 Å². The molecule has 0 spiro atoms. The SMILES string of the molecule is CN(C)c1ccc(C(=O)NN=Cc2ccc(OCc3ccc(Cl)cc3)cc2)cc1.